The number of hydrogen-bond donors (Lipinski definition) is 2. The fraction of sp³-hybridized carbons (Fsp3) is 0.292. The van der Waals surface area contributed by atoms with Crippen molar-refractivity contribution in [1.82, 2.24) is 9.97 Å². The number of nitrogens with zero attached hydrogens (tertiary/aromatic N) is 2. The average Bonchev–Trinajstić information content (AvgIpc) is 3.29. The smallest absolute Gasteiger partial charge is 0.296 e. The first-order valence-corrected chi connectivity index (χ1v) is 10.3. The van der Waals surface area contributed by atoms with Crippen molar-refractivity contribution in [3.63, 3.8) is 0 Å². The predicted molar refractivity (Wildman–Crippen MR) is 120 cm³/mol. The number of aryl methyl sites for hydroxylation is 1. The zero-order chi connectivity index (χ0) is 23.2. The maximum Gasteiger partial charge on any atom is 0.296 e. The summed E-state index contributed by atoms with van der Waals surface area (Å²) >= 11 is 0. The first-order valence-electron chi connectivity index (χ1n) is 10.3. The Balaban J connectivity index is 1.90. The molecule has 0 spiro atoms. The van der Waals surface area contributed by atoms with Gasteiger partial charge in [0.25, 0.3) is 5.91 Å². The predicted octanol–water partition coefficient (Wildman–Crippen LogP) is 4.01. The van der Waals surface area contributed by atoms with E-state index in [1.54, 1.807) is 26.0 Å². The fourth-order valence-electron chi connectivity index (χ4n) is 3.98. The van der Waals surface area contributed by atoms with Gasteiger partial charge in [0.05, 0.1) is 36.9 Å². The summed E-state index contributed by atoms with van der Waals surface area (Å²) in [6.45, 7) is 5.41. The van der Waals surface area contributed by atoms with Crippen LogP contribution in [0.5, 0.6) is 11.5 Å². The zero-order valence-electron chi connectivity index (χ0n) is 18.6. The lowest BCUT2D eigenvalue weighted by Gasteiger charge is -2.25. The quantitative estimate of drug-likeness (QED) is 0.606. The molecule has 1 atom stereocenters. The average molecular weight is 435 g/mol. The van der Waals surface area contributed by atoms with Crippen molar-refractivity contribution < 1.29 is 24.2 Å². The van der Waals surface area contributed by atoms with E-state index in [4.69, 9.17) is 9.47 Å². The topological polar surface area (TPSA) is 105 Å². The lowest BCUT2D eigenvalue weighted by molar-refractivity contribution is -0.119. The fourth-order valence-corrected chi connectivity index (χ4v) is 3.98. The number of methoxy groups -OCH3 is 2. The van der Waals surface area contributed by atoms with Gasteiger partial charge in [-0.25, -0.2) is 4.98 Å². The van der Waals surface area contributed by atoms with Crippen LogP contribution in [0.15, 0.2) is 47.7 Å². The van der Waals surface area contributed by atoms with Crippen LogP contribution in [0.2, 0.25) is 0 Å². The van der Waals surface area contributed by atoms with Gasteiger partial charge >= 0.3 is 0 Å². The number of nitrogens with one attached hydrogen (secondary N) is 1. The Hall–Kier alpha value is -3.81. The number of anilines is 1. The van der Waals surface area contributed by atoms with Gasteiger partial charge in [0, 0.05) is 18.1 Å². The van der Waals surface area contributed by atoms with E-state index in [1.165, 1.54) is 19.1 Å². The largest absolute Gasteiger partial charge is 0.503 e. The van der Waals surface area contributed by atoms with Gasteiger partial charge in [-0.05, 0) is 12.5 Å². The van der Waals surface area contributed by atoms with Crippen LogP contribution in [0, 0.1) is 12.8 Å². The minimum absolute atomic E-state index is 0.0752. The van der Waals surface area contributed by atoms with Gasteiger partial charge in [-0.3, -0.25) is 14.5 Å². The Bertz CT molecular complexity index is 1220. The SMILES string of the molecule is COc1cc2nc(N3C(=O)C(O)=C(C(=O)C(C)C)C3c3cccc(C)c3)[nH]c2cc1OC. The van der Waals surface area contributed by atoms with Crippen LogP contribution in [-0.2, 0) is 9.59 Å². The van der Waals surface area contributed by atoms with Gasteiger partial charge in [-0.2, -0.15) is 0 Å². The molecule has 0 aliphatic carbocycles. The van der Waals surface area contributed by atoms with Crippen molar-refractivity contribution in [2.24, 2.45) is 5.92 Å². The Kier molecular flexibility index (Phi) is 5.38. The molecule has 32 heavy (non-hydrogen) atoms. The van der Waals surface area contributed by atoms with Crippen LogP contribution in [-0.4, -0.2) is 41.0 Å². The highest BCUT2D eigenvalue weighted by molar-refractivity contribution is 6.16. The highest BCUT2D eigenvalue weighted by atomic mass is 16.5. The maximum atomic E-state index is 13.2. The van der Waals surface area contributed by atoms with Crippen molar-refractivity contribution >= 4 is 28.7 Å². The number of amides is 1. The summed E-state index contributed by atoms with van der Waals surface area (Å²) in [5.41, 5.74) is 2.93. The summed E-state index contributed by atoms with van der Waals surface area (Å²) in [6, 6.07) is 10.1. The number of rotatable bonds is 6. The number of aromatic amines is 1. The van der Waals surface area contributed by atoms with Crippen LogP contribution in [0.4, 0.5) is 5.95 Å². The van der Waals surface area contributed by atoms with Crippen molar-refractivity contribution in [2.75, 3.05) is 19.1 Å². The summed E-state index contributed by atoms with van der Waals surface area (Å²) in [5.74, 6) is -0.692. The summed E-state index contributed by atoms with van der Waals surface area (Å²) < 4.78 is 10.7. The Morgan fingerprint density at radius 2 is 1.84 bits per heavy atom. The van der Waals surface area contributed by atoms with E-state index >= 15 is 0 Å². The van der Waals surface area contributed by atoms with E-state index in [2.05, 4.69) is 9.97 Å². The third-order valence-electron chi connectivity index (χ3n) is 5.56. The van der Waals surface area contributed by atoms with Crippen LogP contribution in [0.3, 0.4) is 0 Å². The number of Topliss-reactive ketones (excluding diaryl/α,β-unsaturated/α-hetero) is 1. The molecule has 0 radical (unpaired) electrons. The summed E-state index contributed by atoms with van der Waals surface area (Å²) in [4.78, 5) is 35.2. The summed E-state index contributed by atoms with van der Waals surface area (Å²) in [6.07, 6.45) is 0. The van der Waals surface area contributed by atoms with Gasteiger partial charge < -0.3 is 19.6 Å². The van der Waals surface area contributed by atoms with Crippen LogP contribution >= 0.6 is 0 Å². The molecule has 2 aromatic carbocycles. The van der Waals surface area contributed by atoms with Crippen molar-refractivity contribution in [2.45, 2.75) is 26.8 Å². The lowest BCUT2D eigenvalue weighted by Crippen LogP contribution is -2.32. The first-order chi connectivity index (χ1) is 15.3. The number of imidazole rings is 1. The molecule has 0 bridgehead atoms. The van der Waals surface area contributed by atoms with Gasteiger partial charge in [0.1, 0.15) is 0 Å². The Labute approximate surface area is 185 Å². The number of aliphatic hydroxyl groups is 1. The van der Waals surface area contributed by atoms with E-state index < -0.39 is 23.6 Å². The third kappa shape index (κ3) is 3.37. The number of ether oxygens (including phenoxy) is 2. The van der Waals surface area contributed by atoms with E-state index in [0.717, 1.165) is 5.56 Å². The molecule has 3 aromatic rings. The molecule has 1 aliphatic heterocycles. The van der Waals surface area contributed by atoms with Gasteiger partial charge in [-0.15, -0.1) is 0 Å². The maximum absolute atomic E-state index is 13.2. The zero-order valence-corrected chi connectivity index (χ0v) is 18.6. The molecule has 1 unspecified atom stereocenters. The molecule has 1 aromatic heterocycles. The molecule has 0 fully saturated rings. The molecule has 0 saturated carbocycles. The number of ketones is 1. The number of carbonyl (C=O) groups excluding carboxylic acids is 2. The summed E-state index contributed by atoms with van der Waals surface area (Å²) in [7, 11) is 3.06. The minimum Gasteiger partial charge on any atom is -0.503 e. The molecular weight excluding hydrogens is 410 g/mol. The van der Waals surface area contributed by atoms with Gasteiger partial charge in [0.2, 0.25) is 5.95 Å². The number of aromatic nitrogens is 2. The first kappa shape index (κ1) is 21.4. The Morgan fingerprint density at radius 3 is 2.47 bits per heavy atom. The number of aliphatic hydroxyl groups excluding tert-OH is 1. The second-order valence-electron chi connectivity index (χ2n) is 8.06. The monoisotopic (exact) mass is 435 g/mol. The number of fused-ring (bicyclic) bond motifs is 1. The van der Waals surface area contributed by atoms with Crippen molar-refractivity contribution in [3.05, 3.63) is 58.9 Å². The molecule has 4 rings (SSSR count). The lowest BCUT2D eigenvalue weighted by atomic mass is 9.91. The molecule has 8 heteroatoms. The molecule has 2 N–H and O–H groups in total. The standard InChI is InChI=1S/C24H25N3O5/c1-12(2)21(28)19-20(14-8-6-7-13(3)9-14)27(23(30)22(19)29)24-25-15-10-17(31-4)18(32-5)11-16(15)26-24/h6-12,20,29H,1-5H3,(H,25,26). The highest BCUT2D eigenvalue weighted by Gasteiger charge is 2.46. The van der Waals surface area contributed by atoms with Gasteiger partial charge in [0.15, 0.2) is 23.0 Å². The molecular formula is C24H25N3O5. The number of benzene rings is 2. The molecule has 8 nitrogen and oxygen atoms in total. The normalized spacial score (nSPS) is 16.4. The number of carbonyl (C=O) groups is 2. The Morgan fingerprint density at radius 1 is 1.16 bits per heavy atom. The van der Waals surface area contributed by atoms with E-state index in [-0.39, 0.29) is 17.3 Å². The van der Waals surface area contributed by atoms with Gasteiger partial charge in [-0.1, -0.05) is 43.7 Å². The number of hydrogen-bond acceptors (Lipinski definition) is 6. The van der Waals surface area contributed by atoms with E-state index in [0.29, 0.717) is 28.1 Å². The van der Waals surface area contributed by atoms with Crippen molar-refractivity contribution in [3.8, 4) is 11.5 Å². The third-order valence-corrected chi connectivity index (χ3v) is 5.56. The van der Waals surface area contributed by atoms with Crippen molar-refractivity contribution in [1.29, 1.82) is 0 Å². The van der Waals surface area contributed by atoms with Crippen LogP contribution in [0.1, 0.15) is 31.0 Å². The van der Waals surface area contributed by atoms with Crippen LogP contribution in [0.25, 0.3) is 11.0 Å². The second-order valence-corrected chi connectivity index (χ2v) is 8.06. The number of H-pyrrole nitrogens is 1. The molecule has 2 heterocycles. The minimum atomic E-state index is -0.804. The van der Waals surface area contributed by atoms with Crippen LogP contribution < -0.4 is 14.4 Å². The molecule has 1 aliphatic rings. The summed E-state index contributed by atoms with van der Waals surface area (Å²) in [5, 5.41) is 10.7. The van der Waals surface area contributed by atoms with E-state index in [1.807, 2.05) is 31.2 Å². The van der Waals surface area contributed by atoms with E-state index in [9.17, 15) is 14.7 Å². The second kappa shape index (κ2) is 8.03. The molecule has 1 amide bonds. The molecule has 166 valence electrons. The highest BCUT2D eigenvalue weighted by Crippen LogP contribution is 2.42. The molecule has 0 saturated heterocycles.